The van der Waals surface area contributed by atoms with Crippen molar-refractivity contribution in [2.24, 2.45) is 0 Å². The molecule has 0 aliphatic rings. The van der Waals surface area contributed by atoms with E-state index in [1.807, 2.05) is 0 Å². The Morgan fingerprint density at radius 2 is 2.08 bits per heavy atom. The predicted octanol–water partition coefficient (Wildman–Crippen LogP) is -0.0440. The first kappa shape index (κ1) is 11.9. The first-order valence-corrected chi connectivity index (χ1v) is 4.10. The van der Waals surface area contributed by atoms with Crippen molar-refractivity contribution in [1.29, 1.82) is 0 Å². The van der Waals surface area contributed by atoms with Crippen molar-refractivity contribution >= 4 is 11.9 Å². The molecule has 0 aliphatic carbocycles. The van der Waals surface area contributed by atoms with E-state index in [4.69, 9.17) is 9.84 Å². The van der Waals surface area contributed by atoms with Crippen LogP contribution in [-0.4, -0.2) is 48.7 Å². The number of methoxy groups -OCH3 is 1. The van der Waals surface area contributed by atoms with Gasteiger partial charge in [-0.15, -0.1) is 0 Å². The Kier molecular flexibility index (Phi) is 5.88. The van der Waals surface area contributed by atoms with Crippen LogP contribution in [0.25, 0.3) is 0 Å². The van der Waals surface area contributed by atoms with Gasteiger partial charge in [-0.1, -0.05) is 0 Å². The minimum absolute atomic E-state index is 0.188. The Bertz CT molecular complexity index is 181. The fraction of sp³-hybridized carbons (Fsp3) is 0.750. The Hall–Kier alpha value is -1.10. The molecule has 0 fully saturated rings. The normalized spacial score (nSPS) is 9.69. The summed E-state index contributed by atoms with van der Waals surface area (Å²) in [5.41, 5.74) is 0. The van der Waals surface area contributed by atoms with Crippen molar-refractivity contribution in [3.63, 3.8) is 0 Å². The predicted molar refractivity (Wildman–Crippen MR) is 46.4 cm³/mol. The third-order valence-electron chi connectivity index (χ3n) is 1.58. The van der Waals surface area contributed by atoms with Gasteiger partial charge in [-0.05, 0) is 6.92 Å². The summed E-state index contributed by atoms with van der Waals surface area (Å²) >= 11 is 0. The molecular formula is C8H15NO4. The second kappa shape index (κ2) is 6.42. The summed E-state index contributed by atoms with van der Waals surface area (Å²) in [4.78, 5) is 22.9. The van der Waals surface area contributed by atoms with Crippen LogP contribution in [0.2, 0.25) is 0 Å². The Morgan fingerprint density at radius 1 is 1.46 bits per heavy atom. The highest BCUT2D eigenvalue weighted by molar-refractivity contribution is 5.81. The number of carboxylic acids is 1. The molecule has 0 aromatic carbocycles. The van der Waals surface area contributed by atoms with E-state index in [2.05, 4.69) is 0 Å². The number of likely N-dealkylation sites (N-methyl/N-ethyl adjacent to an activating group) is 1. The Morgan fingerprint density at radius 3 is 2.46 bits per heavy atom. The zero-order valence-corrected chi connectivity index (χ0v) is 7.95. The molecule has 0 bridgehead atoms. The van der Waals surface area contributed by atoms with E-state index < -0.39 is 5.97 Å². The van der Waals surface area contributed by atoms with Crippen LogP contribution in [0.5, 0.6) is 0 Å². The quantitative estimate of drug-likeness (QED) is 0.636. The van der Waals surface area contributed by atoms with Gasteiger partial charge < -0.3 is 14.7 Å². The molecule has 0 unspecified atom stereocenters. The monoisotopic (exact) mass is 189 g/mol. The zero-order valence-electron chi connectivity index (χ0n) is 7.95. The summed E-state index contributed by atoms with van der Waals surface area (Å²) in [6.07, 6.45) is 0.234. The van der Waals surface area contributed by atoms with Gasteiger partial charge in [-0.2, -0.15) is 0 Å². The van der Waals surface area contributed by atoms with Crippen molar-refractivity contribution in [2.75, 3.05) is 26.8 Å². The highest BCUT2D eigenvalue weighted by Gasteiger charge is 2.13. The van der Waals surface area contributed by atoms with E-state index in [1.165, 1.54) is 12.0 Å². The first-order chi connectivity index (χ1) is 6.11. The molecular weight excluding hydrogens is 174 g/mol. The van der Waals surface area contributed by atoms with Crippen LogP contribution in [0.4, 0.5) is 0 Å². The highest BCUT2D eigenvalue weighted by atomic mass is 16.5. The lowest BCUT2D eigenvalue weighted by Gasteiger charge is -2.17. The van der Waals surface area contributed by atoms with Crippen LogP contribution < -0.4 is 0 Å². The molecule has 0 atom stereocenters. The van der Waals surface area contributed by atoms with E-state index in [0.29, 0.717) is 13.2 Å². The molecule has 1 amide bonds. The van der Waals surface area contributed by atoms with Crippen LogP contribution in [0, 0.1) is 0 Å². The molecule has 0 radical (unpaired) electrons. The Labute approximate surface area is 77.3 Å². The van der Waals surface area contributed by atoms with Crippen LogP contribution in [0.1, 0.15) is 13.3 Å². The van der Waals surface area contributed by atoms with E-state index in [9.17, 15) is 9.59 Å². The topological polar surface area (TPSA) is 66.8 Å². The van der Waals surface area contributed by atoms with Crippen LogP contribution >= 0.6 is 0 Å². The maximum atomic E-state index is 11.3. The summed E-state index contributed by atoms with van der Waals surface area (Å²) in [7, 11) is 1.50. The molecule has 0 aliphatic heterocycles. The Balaban J connectivity index is 3.92. The SMILES string of the molecule is CCN(CC(=O)O)C(=O)CCOC. The number of amides is 1. The van der Waals surface area contributed by atoms with Gasteiger partial charge in [0.1, 0.15) is 6.54 Å². The molecule has 13 heavy (non-hydrogen) atoms. The fourth-order valence-corrected chi connectivity index (χ4v) is 0.887. The third kappa shape index (κ3) is 5.19. The summed E-state index contributed by atoms with van der Waals surface area (Å²) < 4.78 is 4.72. The molecule has 0 saturated carbocycles. The average molecular weight is 189 g/mol. The number of hydrogen-bond acceptors (Lipinski definition) is 3. The second-order valence-corrected chi connectivity index (χ2v) is 2.54. The third-order valence-corrected chi connectivity index (χ3v) is 1.58. The molecule has 5 nitrogen and oxygen atoms in total. The van der Waals surface area contributed by atoms with Crippen LogP contribution in [0.3, 0.4) is 0 Å². The van der Waals surface area contributed by atoms with E-state index in [0.717, 1.165) is 0 Å². The smallest absolute Gasteiger partial charge is 0.323 e. The highest BCUT2D eigenvalue weighted by Crippen LogP contribution is 1.94. The molecule has 0 saturated heterocycles. The van der Waals surface area contributed by atoms with Crippen molar-refractivity contribution in [1.82, 2.24) is 4.90 Å². The molecule has 1 N–H and O–H groups in total. The maximum Gasteiger partial charge on any atom is 0.323 e. The maximum absolute atomic E-state index is 11.3. The fourth-order valence-electron chi connectivity index (χ4n) is 0.887. The lowest BCUT2D eigenvalue weighted by atomic mass is 10.3. The standard InChI is InChI=1S/C8H15NO4/c1-3-9(6-8(11)12)7(10)4-5-13-2/h3-6H2,1-2H3,(H,11,12). The summed E-state index contributed by atoms with van der Waals surface area (Å²) in [5, 5.41) is 8.46. The molecule has 0 spiro atoms. The lowest BCUT2D eigenvalue weighted by Crippen LogP contribution is -2.35. The number of carboxylic acid groups (broad SMARTS) is 1. The number of carbonyl (C=O) groups is 2. The minimum Gasteiger partial charge on any atom is -0.480 e. The van der Waals surface area contributed by atoms with Crippen LogP contribution in [-0.2, 0) is 14.3 Å². The van der Waals surface area contributed by atoms with E-state index in [-0.39, 0.29) is 18.9 Å². The van der Waals surface area contributed by atoms with Gasteiger partial charge in [-0.3, -0.25) is 9.59 Å². The molecule has 76 valence electrons. The van der Waals surface area contributed by atoms with Gasteiger partial charge in [0.2, 0.25) is 5.91 Å². The number of hydrogen-bond donors (Lipinski definition) is 1. The lowest BCUT2D eigenvalue weighted by molar-refractivity contribution is -0.144. The average Bonchev–Trinajstić information content (AvgIpc) is 2.09. The van der Waals surface area contributed by atoms with Crippen molar-refractivity contribution < 1.29 is 19.4 Å². The molecule has 0 heterocycles. The van der Waals surface area contributed by atoms with E-state index >= 15 is 0 Å². The molecule has 5 heteroatoms. The van der Waals surface area contributed by atoms with Gasteiger partial charge in [0.25, 0.3) is 0 Å². The van der Waals surface area contributed by atoms with Gasteiger partial charge >= 0.3 is 5.97 Å². The summed E-state index contributed by atoms with van der Waals surface area (Å²) in [5.74, 6) is -1.18. The molecule has 0 rings (SSSR count). The van der Waals surface area contributed by atoms with Crippen LogP contribution in [0.15, 0.2) is 0 Å². The van der Waals surface area contributed by atoms with E-state index in [1.54, 1.807) is 6.92 Å². The minimum atomic E-state index is -0.993. The van der Waals surface area contributed by atoms with Gasteiger partial charge in [0.05, 0.1) is 13.0 Å². The molecule has 0 aromatic rings. The summed E-state index contributed by atoms with van der Waals surface area (Å²) in [6, 6.07) is 0. The number of rotatable bonds is 6. The summed E-state index contributed by atoms with van der Waals surface area (Å²) in [6.45, 7) is 2.25. The van der Waals surface area contributed by atoms with Crippen molar-refractivity contribution in [2.45, 2.75) is 13.3 Å². The van der Waals surface area contributed by atoms with Crippen molar-refractivity contribution in [3.8, 4) is 0 Å². The van der Waals surface area contributed by atoms with Gasteiger partial charge in [-0.25, -0.2) is 0 Å². The first-order valence-electron chi connectivity index (χ1n) is 4.10. The number of ether oxygens (including phenoxy) is 1. The largest absolute Gasteiger partial charge is 0.480 e. The number of carbonyl (C=O) groups excluding carboxylic acids is 1. The zero-order chi connectivity index (χ0) is 10.3. The second-order valence-electron chi connectivity index (χ2n) is 2.54. The van der Waals surface area contributed by atoms with Crippen molar-refractivity contribution in [3.05, 3.63) is 0 Å². The van der Waals surface area contributed by atoms with Gasteiger partial charge in [0, 0.05) is 13.7 Å². The molecule has 0 aromatic heterocycles. The number of nitrogens with zero attached hydrogens (tertiary/aromatic N) is 1. The van der Waals surface area contributed by atoms with Gasteiger partial charge in [0.15, 0.2) is 0 Å². The number of aliphatic carboxylic acids is 1.